The van der Waals surface area contributed by atoms with Crippen molar-refractivity contribution >= 4 is 11.0 Å². The summed E-state index contributed by atoms with van der Waals surface area (Å²) in [6, 6.07) is 14.8. The summed E-state index contributed by atoms with van der Waals surface area (Å²) in [6.07, 6.45) is 1.85. The van der Waals surface area contributed by atoms with E-state index in [2.05, 4.69) is 79.1 Å². The summed E-state index contributed by atoms with van der Waals surface area (Å²) < 4.78 is 0. The summed E-state index contributed by atoms with van der Waals surface area (Å²) in [7, 11) is 2.18. The van der Waals surface area contributed by atoms with Crippen molar-refractivity contribution < 1.29 is 0 Å². The van der Waals surface area contributed by atoms with Crippen molar-refractivity contribution in [3.63, 3.8) is 0 Å². The Hall–Kier alpha value is -2.13. The first-order valence-electron chi connectivity index (χ1n) is 8.13. The number of hydrogen-bond donors (Lipinski definition) is 1. The SMILES string of the molecule is CN(Cc1ccccc1)Cc1c(C(C)(C)C)[nH]c2ncccc12. The Labute approximate surface area is 138 Å². The van der Waals surface area contributed by atoms with Crippen molar-refractivity contribution in [3.8, 4) is 0 Å². The van der Waals surface area contributed by atoms with Gasteiger partial charge < -0.3 is 4.98 Å². The maximum Gasteiger partial charge on any atom is 0.137 e. The van der Waals surface area contributed by atoms with Gasteiger partial charge in [0.2, 0.25) is 0 Å². The summed E-state index contributed by atoms with van der Waals surface area (Å²) in [4.78, 5) is 10.4. The van der Waals surface area contributed by atoms with Crippen LogP contribution in [0.4, 0.5) is 0 Å². The Balaban J connectivity index is 1.92. The molecule has 120 valence electrons. The molecule has 1 aromatic carbocycles. The predicted molar refractivity (Wildman–Crippen MR) is 96.4 cm³/mol. The van der Waals surface area contributed by atoms with Crippen LogP contribution in [0.15, 0.2) is 48.7 Å². The molecule has 0 saturated carbocycles. The molecule has 0 radical (unpaired) electrons. The lowest BCUT2D eigenvalue weighted by Crippen LogP contribution is -2.21. The molecule has 0 bridgehead atoms. The number of nitrogens with zero attached hydrogens (tertiary/aromatic N) is 2. The molecule has 0 fully saturated rings. The van der Waals surface area contributed by atoms with Gasteiger partial charge in [-0.3, -0.25) is 4.90 Å². The fourth-order valence-corrected chi connectivity index (χ4v) is 3.10. The zero-order chi connectivity index (χ0) is 16.4. The lowest BCUT2D eigenvalue weighted by atomic mass is 9.89. The first kappa shape index (κ1) is 15.8. The van der Waals surface area contributed by atoms with Gasteiger partial charge in [-0.15, -0.1) is 0 Å². The van der Waals surface area contributed by atoms with Gasteiger partial charge in [-0.25, -0.2) is 4.98 Å². The molecular formula is C20H25N3. The second-order valence-electron chi connectivity index (χ2n) is 7.29. The molecule has 0 aliphatic carbocycles. The molecule has 3 rings (SSSR count). The van der Waals surface area contributed by atoms with E-state index < -0.39 is 0 Å². The lowest BCUT2D eigenvalue weighted by Gasteiger charge is -2.23. The van der Waals surface area contributed by atoms with Crippen molar-refractivity contribution in [1.29, 1.82) is 0 Å². The van der Waals surface area contributed by atoms with Crippen molar-refractivity contribution in [1.82, 2.24) is 14.9 Å². The van der Waals surface area contributed by atoms with Gasteiger partial charge in [0.15, 0.2) is 0 Å². The van der Waals surface area contributed by atoms with Gasteiger partial charge in [0.1, 0.15) is 5.65 Å². The summed E-state index contributed by atoms with van der Waals surface area (Å²) in [6.45, 7) is 8.60. The number of rotatable bonds is 4. The van der Waals surface area contributed by atoms with E-state index in [9.17, 15) is 0 Å². The molecule has 0 spiro atoms. The number of H-pyrrole nitrogens is 1. The standard InChI is InChI=1S/C20H25N3/c1-20(2,3)18-17(16-11-8-12-21-19(16)22-18)14-23(4)13-15-9-6-5-7-10-15/h5-12H,13-14H2,1-4H3,(H,21,22). The van der Waals surface area contributed by atoms with Crippen LogP contribution >= 0.6 is 0 Å². The largest absolute Gasteiger partial charge is 0.342 e. The van der Waals surface area contributed by atoms with E-state index in [4.69, 9.17) is 0 Å². The van der Waals surface area contributed by atoms with Crippen LogP contribution in [0, 0.1) is 0 Å². The van der Waals surface area contributed by atoms with Crippen LogP contribution in [0.2, 0.25) is 0 Å². The van der Waals surface area contributed by atoms with E-state index in [0.717, 1.165) is 18.7 Å². The van der Waals surface area contributed by atoms with Crippen LogP contribution in [0.5, 0.6) is 0 Å². The van der Waals surface area contributed by atoms with Gasteiger partial charge in [0, 0.05) is 35.8 Å². The Kier molecular flexibility index (Phi) is 4.22. The third-order valence-electron chi connectivity index (χ3n) is 4.15. The molecule has 3 nitrogen and oxygen atoms in total. The molecule has 0 aliphatic rings. The first-order chi connectivity index (χ1) is 10.9. The first-order valence-corrected chi connectivity index (χ1v) is 8.13. The average molecular weight is 307 g/mol. The van der Waals surface area contributed by atoms with E-state index in [0.29, 0.717) is 0 Å². The van der Waals surface area contributed by atoms with Crippen molar-refractivity contribution in [2.45, 2.75) is 39.3 Å². The molecule has 0 aliphatic heterocycles. The molecule has 0 saturated heterocycles. The highest BCUT2D eigenvalue weighted by molar-refractivity contribution is 5.81. The fraction of sp³-hybridized carbons (Fsp3) is 0.350. The minimum Gasteiger partial charge on any atom is -0.342 e. The number of nitrogens with one attached hydrogen (secondary N) is 1. The molecule has 3 heteroatoms. The van der Waals surface area contributed by atoms with E-state index in [1.165, 1.54) is 22.2 Å². The van der Waals surface area contributed by atoms with Crippen LogP contribution in [0.1, 0.15) is 37.6 Å². The smallest absolute Gasteiger partial charge is 0.137 e. The summed E-state index contributed by atoms with van der Waals surface area (Å²) in [5.41, 5.74) is 5.04. The monoisotopic (exact) mass is 307 g/mol. The van der Waals surface area contributed by atoms with Crippen LogP contribution in [-0.2, 0) is 18.5 Å². The molecule has 0 atom stereocenters. The number of aromatic amines is 1. The van der Waals surface area contributed by atoms with Crippen molar-refractivity contribution in [3.05, 3.63) is 65.5 Å². The second-order valence-corrected chi connectivity index (χ2v) is 7.29. The highest BCUT2D eigenvalue weighted by Crippen LogP contribution is 2.31. The Morgan fingerprint density at radius 3 is 2.43 bits per heavy atom. The van der Waals surface area contributed by atoms with E-state index in [1.54, 1.807) is 0 Å². The lowest BCUT2D eigenvalue weighted by molar-refractivity contribution is 0.317. The number of pyridine rings is 1. The van der Waals surface area contributed by atoms with Crippen molar-refractivity contribution in [2.75, 3.05) is 7.05 Å². The number of aromatic nitrogens is 2. The molecule has 2 aromatic heterocycles. The molecular weight excluding hydrogens is 282 g/mol. The van der Waals surface area contributed by atoms with E-state index in [1.807, 2.05) is 12.3 Å². The van der Waals surface area contributed by atoms with Crippen LogP contribution in [0.25, 0.3) is 11.0 Å². The Morgan fingerprint density at radius 1 is 1.00 bits per heavy atom. The van der Waals surface area contributed by atoms with Gasteiger partial charge in [-0.1, -0.05) is 51.1 Å². The van der Waals surface area contributed by atoms with Gasteiger partial charge in [-0.05, 0) is 30.3 Å². The molecule has 3 aromatic rings. The number of fused-ring (bicyclic) bond motifs is 1. The summed E-state index contributed by atoms with van der Waals surface area (Å²) >= 11 is 0. The topological polar surface area (TPSA) is 31.9 Å². The molecule has 0 amide bonds. The fourth-order valence-electron chi connectivity index (χ4n) is 3.10. The van der Waals surface area contributed by atoms with Gasteiger partial charge in [-0.2, -0.15) is 0 Å². The normalized spacial score (nSPS) is 12.2. The molecule has 1 N–H and O–H groups in total. The number of hydrogen-bond acceptors (Lipinski definition) is 2. The zero-order valence-corrected chi connectivity index (χ0v) is 14.4. The maximum atomic E-state index is 4.49. The van der Waals surface area contributed by atoms with Gasteiger partial charge in [0.25, 0.3) is 0 Å². The number of benzene rings is 1. The van der Waals surface area contributed by atoms with E-state index >= 15 is 0 Å². The summed E-state index contributed by atoms with van der Waals surface area (Å²) in [5.74, 6) is 0. The third-order valence-corrected chi connectivity index (χ3v) is 4.15. The van der Waals surface area contributed by atoms with Crippen LogP contribution in [-0.4, -0.2) is 21.9 Å². The van der Waals surface area contributed by atoms with Gasteiger partial charge in [0.05, 0.1) is 0 Å². The quantitative estimate of drug-likeness (QED) is 0.770. The van der Waals surface area contributed by atoms with Crippen molar-refractivity contribution in [2.24, 2.45) is 0 Å². The minimum atomic E-state index is 0.0730. The predicted octanol–water partition coefficient (Wildman–Crippen LogP) is 4.49. The Bertz CT molecular complexity index is 782. The average Bonchev–Trinajstić information content (AvgIpc) is 2.87. The molecule has 23 heavy (non-hydrogen) atoms. The summed E-state index contributed by atoms with van der Waals surface area (Å²) in [5, 5.41) is 1.23. The highest BCUT2D eigenvalue weighted by atomic mass is 15.1. The second kappa shape index (κ2) is 6.17. The highest BCUT2D eigenvalue weighted by Gasteiger charge is 2.23. The van der Waals surface area contributed by atoms with Gasteiger partial charge >= 0.3 is 0 Å². The minimum absolute atomic E-state index is 0.0730. The third kappa shape index (κ3) is 3.45. The van der Waals surface area contributed by atoms with Crippen LogP contribution in [0.3, 0.4) is 0 Å². The Morgan fingerprint density at radius 2 is 1.74 bits per heavy atom. The molecule has 0 unspecified atom stereocenters. The zero-order valence-electron chi connectivity index (χ0n) is 14.4. The molecule has 2 heterocycles. The maximum absolute atomic E-state index is 4.49. The van der Waals surface area contributed by atoms with E-state index in [-0.39, 0.29) is 5.41 Å². The van der Waals surface area contributed by atoms with Crippen LogP contribution < -0.4 is 0 Å².